The van der Waals surface area contributed by atoms with Crippen LogP contribution < -0.4 is 9.47 Å². The summed E-state index contributed by atoms with van der Waals surface area (Å²) >= 11 is 0. The molecule has 206 valence electrons. The van der Waals surface area contributed by atoms with Gasteiger partial charge in [0.05, 0.1) is 13.2 Å². The molecule has 0 spiro atoms. The predicted molar refractivity (Wildman–Crippen MR) is 147 cm³/mol. The van der Waals surface area contributed by atoms with Crippen LogP contribution in [-0.2, 0) is 24.2 Å². The van der Waals surface area contributed by atoms with Crippen LogP contribution in [0.4, 0.5) is 0 Å². The van der Waals surface area contributed by atoms with Gasteiger partial charge in [-0.05, 0) is 41.5 Å². The summed E-state index contributed by atoms with van der Waals surface area (Å²) in [4.78, 5) is 3.25. The molecule has 5 rings (SSSR count). The Morgan fingerprint density at radius 3 is 1.90 bits per heavy atom. The lowest BCUT2D eigenvalue weighted by molar-refractivity contribution is 0.0509. The van der Waals surface area contributed by atoms with Crippen molar-refractivity contribution in [2.24, 2.45) is 0 Å². The van der Waals surface area contributed by atoms with Gasteiger partial charge in [0.25, 0.3) is 10.0 Å². The number of para-hydroxylation sites is 1. The molecule has 9 nitrogen and oxygen atoms in total. The second-order valence-electron chi connectivity index (χ2n) is 9.10. The topological polar surface area (TPSA) is 99.3 Å². The van der Waals surface area contributed by atoms with Crippen LogP contribution in [0, 0.1) is 0 Å². The molecule has 1 aromatic heterocycles. The second kappa shape index (κ2) is 12.2. The Balaban J connectivity index is 1.68. The zero-order chi connectivity index (χ0) is 27.2. The Morgan fingerprint density at radius 1 is 0.821 bits per heavy atom. The molecule has 1 saturated heterocycles. The zero-order valence-electron chi connectivity index (χ0n) is 22.0. The monoisotopic (exact) mass is 552 g/mol. The lowest BCUT2D eigenvalue weighted by atomic mass is 9.85. The molecule has 2 heterocycles. The van der Waals surface area contributed by atoms with E-state index in [1.807, 2.05) is 72.8 Å². The molecule has 1 N–H and O–H groups in total. The highest BCUT2D eigenvalue weighted by Crippen LogP contribution is 2.42. The van der Waals surface area contributed by atoms with Crippen LogP contribution >= 0.6 is 0 Å². The summed E-state index contributed by atoms with van der Waals surface area (Å²) in [5.41, 5.74) is 3.26. The van der Waals surface area contributed by atoms with Gasteiger partial charge in [0.2, 0.25) is 0 Å². The van der Waals surface area contributed by atoms with E-state index in [4.69, 9.17) is 23.7 Å². The number of benzene rings is 3. The molecule has 0 unspecified atom stereocenters. The number of H-pyrrole nitrogens is 1. The van der Waals surface area contributed by atoms with Crippen molar-refractivity contribution in [3.63, 3.8) is 0 Å². The Hall–Kier alpha value is -3.41. The van der Waals surface area contributed by atoms with Gasteiger partial charge in [-0.15, -0.1) is 0 Å². The van der Waals surface area contributed by atoms with Gasteiger partial charge in [-0.25, -0.2) is 8.42 Å². The highest BCUT2D eigenvalue weighted by Gasteiger charge is 2.35. The van der Waals surface area contributed by atoms with Crippen LogP contribution in [-0.4, -0.2) is 71.8 Å². The third-order valence-electron chi connectivity index (χ3n) is 6.68. The van der Waals surface area contributed by atoms with Gasteiger partial charge >= 0.3 is 0 Å². The van der Waals surface area contributed by atoms with Crippen molar-refractivity contribution in [2.45, 2.75) is 10.9 Å². The van der Waals surface area contributed by atoms with Gasteiger partial charge in [0.15, 0.2) is 18.6 Å². The van der Waals surface area contributed by atoms with Gasteiger partial charge in [0, 0.05) is 49.7 Å². The Bertz CT molecular complexity index is 1430. The molecular weight excluding hydrogens is 520 g/mol. The molecule has 39 heavy (non-hydrogen) atoms. The van der Waals surface area contributed by atoms with E-state index in [1.54, 1.807) is 14.2 Å². The Kier molecular flexibility index (Phi) is 8.49. The van der Waals surface area contributed by atoms with E-state index < -0.39 is 15.9 Å². The molecule has 0 aliphatic carbocycles. The summed E-state index contributed by atoms with van der Waals surface area (Å²) in [6.07, 6.45) is 0. The third kappa shape index (κ3) is 5.80. The number of hydrogen-bond acceptors (Lipinski definition) is 7. The fourth-order valence-electron chi connectivity index (χ4n) is 4.84. The van der Waals surface area contributed by atoms with Crippen LogP contribution in [0.25, 0.3) is 10.9 Å². The number of hydrogen-bond donors (Lipinski definition) is 1. The predicted octanol–water partition coefficient (Wildman–Crippen LogP) is 4.33. The third-order valence-corrected chi connectivity index (χ3v) is 8.56. The van der Waals surface area contributed by atoms with Gasteiger partial charge in [-0.3, -0.25) is 0 Å². The van der Waals surface area contributed by atoms with Crippen molar-refractivity contribution in [3.8, 4) is 11.5 Å². The van der Waals surface area contributed by atoms with Crippen LogP contribution in [0.5, 0.6) is 11.5 Å². The first-order valence-corrected chi connectivity index (χ1v) is 14.1. The molecule has 1 fully saturated rings. The fourth-order valence-corrected chi connectivity index (χ4v) is 6.47. The van der Waals surface area contributed by atoms with Gasteiger partial charge < -0.3 is 28.7 Å². The van der Waals surface area contributed by atoms with E-state index in [0.717, 1.165) is 22.0 Å². The SMILES string of the molecule is COCOc1ccc(C(c2ccc(OCOC)cc2)c2c(S(=O)(=O)N3CCOCC3)[nH]c3ccccc23)cc1. The maximum absolute atomic E-state index is 14.1. The lowest BCUT2D eigenvalue weighted by Crippen LogP contribution is -2.41. The Labute approximate surface area is 228 Å². The first-order valence-electron chi connectivity index (χ1n) is 12.6. The lowest BCUT2D eigenvalue weighted by Gasteiger charge is -2.27. The smallest absolute Gasteiger partial charge is 0.259 e. The maximum Gasteiger partial charge on any atom is 0.259 e. The normalized spacial score (nSPS) is 14.6. The minimum absolute atomic E-state index is 0.135. The number of fused-ring (bicyclic) bond motifs is 1. The van der Waals surface area contributed by atoms with Gasteiger partial charge in [-0.1, -0.05) is 42.5 Å². The quantitative estimate of drug-likeness (QED) is 0.277. The largest absolute Gasteiger partial charge is 0.468 e. The highest BCUT2D eigenvalue weighted by atomic mass is 32.2. The summed E-state index contributed by atoms with van der Waals surface area (Å²) in [7, 11) is -0.706. The molecule has 3 aromatic carbocycles. The van der Waals surface area contributed by atoms with E-state index in [2.05, 4.69) is 4.98 Å². The minimum Gasteiger partial charge on any atom is -0.468 e. The van der Waals surface area contributed by atoms with E-state index in [1.165, 1.54) is 4.31 Å². The molecule has 1 aliphatic rings. The molecular formula is C29H32N2O7S. The number of aromatic nitrogens is 1. The van der Waals surface area contributed by atoms with Crippen molar-refractivity contribution in [3.05, 3.63) is 89.5 Å². The Morgan fingerprint density at radius 2 is 1.36 bits per heavy atom. The standard InChI is InChI=1S/C29H32N2O7S/c1-34-19-37-23-11-7-21(8-12-23)27(22-9-13-24(14-10-22)38-20-35-2)28-25-5-3-4-6-26(25)30-29(28)39(32,33)31-15-17-36-18-16-31/h3-14,27,30H,15-20H2,1-2H3. The first kappa shape index (κ1) is 27.2. The van der Waals surface area contributed by atoms with Crippen molar-refractivity contribution in [2.75, 3.05) is 54.1 Å². The molecule has 4 aromatic rings. The number of nitrogens with one attached hydrogen (secondary N) is 1. The molecule has 0 radical (unpaired) electrons. The summed E-state index contributed by atoms with van der Waals surface area (Å²) < 4.78 is 56.3. The molecule has 0 amide bonds. The minimum atomic E-state index is -3.84. The van der Waals surface area contributed by atoms with E-state index in [0.29, 0.717) is 43.4 Å². The van der Waals surface area contributed by atoms with Gasteiger partial charge in [0.1, 0.15) is 11.5 Å². The summed E-state index contributed by atoms with van der Waals surface area (Å²) in [5, 5.41) is 1.03. The molecule has 0 saturated carbocycles. The van der Waals surface area contributed by atoms with E-state index in [-0.39, 0.29) is 18.6 Å². The van der Waals surface area contributed by atoms with Crippen molar-refractivity contribution in [1.29, 1.82) is 0 Å². The van der Waals surface area contributed by atoms with Crippen molar-refractivity contribution in [1.82, 2.24) is 9.29 Å². The molecule has 10 heteroatoms. The number of rotatable bonds is 11. The van der Waals surface area contributed by atoms with Crippen LogP contribution in [0.1, 0.15) is 22.6 Å². The fraction of sp³-hybridized carbons (Fsp3) is 0.310. The molecule has 1 aliphatic heterocycles. The van der Waals surface area contributed by atoms with E-state index >= 15 is 0 Å². The van der Waals surface area contributed by atoms with Crippen LogP contribution in [0.15, 0.2) is 77.8 Å². The van der Waals surface area contributed by atoms with Crippen molar-refractivity contribution < 1.29 is 32.1 Å². The van der Waals surface area contributed by atoms with Gasteiger partial charge in [-0.2, -0.15) is 4.31 Å². The number of aromatic amines is 1. The number of sulfonamides is 1. The summed E-state index contributed by atoms with van der Waals surface area (Å²) in [6.45, 7) is 1.61. The summed E-state index contributed by atoms with van der Waals surface area (Å²) in [6, 6.07) is 23.0. The van der Waals surface area contributed by atoms with Crippen LogP contribution in [0.3, 0.4) is 0 Å². The van der Waals surface area contributed by atoms with E-state index in [9.17, 15) is 8.42 Å². The first-order chi connectivity index (χ1) is 19.0. The average molecular weight is 553 g/mol. The number of ether oxygens (including phenoxy) is 5. The second-order valence-corrected chi connectivity index (χ2v) is 11.0. The number of morpholine rings is 1. The highest BCUT2D eigenvalue weighted by molar-refractivity contribution is 7.89. The molecule has 0 atom stereocenters. The molecule has 0 bridgehead atoms. The summed E-state index contributed by atoms with van der Waals surface area (Å²) in [5.74, 6) is 0.908. The zero-order valence-corrected chi connectivity index (χ0v) is 22.8. The maximum atomic E-state index is 14.1. The number of nitrogens with zero attached hydrogens (tertiary/aromatic N) is 1. The van der Waals surface area contributed by atoms with Crippen molar-refractivity contribution >= 4 is 20.9 Å². The average Bonchev–Trinajstić information content (AvgIpc) is 3.37. The number of methoxy groups -OCH3 is 2. The van der Waals surface area contributed by atoms with Crippen LogP contribution in [0.2, 0.25) is 0 Å².